The second kappa shape index (κ2) is 9.15. The van der Waals surface area contributed by atoms with Gasteiger partial charge in [0.2, 0.25) is 11.1 Å². The van der Waals surface area contributed by atoms with Crippen molar-refractivity contribution in [1.29, 1.82) is 5.26 Å². The van der Waals surface area contributed by atoms with Crippen molar-refractivity contribution in [2.75, 3.05) is 17.2 Å². The molecule has 0 atom stereocenters. The number of tetrazole rings is 1. The maximum absolute atomic E-state index is 12.8. The molecule has 3 rings (SSSR count). The summed E-state index contributed by atoms with van der Waals surface area (Å²) in [5.74, 6) is 0.0773. The summed E-state index contributed by atoms with van der Waals surface area (Å²) < 4.78 is 1.61. The molecule has 2 aromatic carbocycles. The molecule has 0 radical (unpaired) electrons. The number of rotatable bonds is 7. The van der Waals surface area contributed by atoms with Crippen molar-refractivity contribution in [3.8, 4) is 11.8 Å². The lowest BCUT2D eigenvalue weighted by atomic mass is 10.2. The van der Waals surface area contributed by atoms with Gasteiger partial charge in [-0.25, -0.2) is 0 Å². The Hall–Kier alpha value is -3.18. The maximum atomic E-state index is 12.8. The largest absolute Gasteiger partial charge is 0.311 e. The van der Waals surface area contributed by atoms with E-state index >= 15 is 0 Å². The van der Waals surface area contributed by atoms with Crippen LogP contribution in [0.3, 0.4) is 0 Å². The highest BCUT2D eigenvalue weighted by Crippen LogP contribution is 2.21. The number of benzene rings is 2. The predicted octanol–water partition coefficient (Wildman–Crippen LogP) is 3.32. The molecule has 0 saturated carbocycles. The van der Waals surface area contributed by atoms with Gasteiger partial charge in [-0.1, -0.05) is 47.2 Å². The van der Waals surface area contributed by atoms with Gasteiger partial charge in [-0.15, -0.1) is 5.10 Å². The summed E-state index contributed by atoms with van der Waals surface area (Å²) in [4.78, 5) is 14.5. The Balaban J connectivity index is 1.73. The van der Waals surface area contributed by atoms with Crippen molar-refractivity contribution in [2.45, 2.75) is 25.4 Å². The van der Waals surface area contributed by atoms with E-state index in [1.807, 2.05) is 62.4 Å². The van der Waals surface area contributed by atoms with E-state index in [4.69, 9.17) is 5.26 Å². The minimum atomic E-state index is -0.0949. The first-order valence-corrected chi connectivity index (χ1v) is 9.79. The molecule has 28 heavy (non-hydrogen) atoms. The summed E-state index contributed by atoms with van der Waals surface area (Å²) in [6.45, 7) is 4.35. The Morgan fingerprint density at radius 1 is 1.11 bits per heavy atom. The number of aromatic nitrogens is 4. The molecule has 0 N–H and O–H groups in total. The number of nitrogens with zero attached hydrogens (tertiary/aromatic N) is 6. The summed E-state index contributed by atoms with van der Waals surface area (Å²) in [6, 6.07) is 17.6. The van der Waals surface area contributed by atoms with Crippen LogP contribution in [0.4, 0.5) is 5.69 Å². The molecule has 0 bridgehead atoms. The third kappa shape index (κ3) is 4.75. The molecule has 0 aliphatic carbocycles. The molecule has 0 aliphatic rings. The van der Waals surface area contributed by atoms with Crippen molar-refractivity contribution in [2.24, 2.45) is 0 Å². The maximum Gasteiger partial charge on any atom is 0.237 e. The molecule has 0 saturated heterocycles. The summed E-state index contributed by atoms with van der Waals surface area (Å²) in [5, 5.41) is 21.3. The number of anilines is 1. The molecule has 0 aliphatic heterocycles. The second-order valence-electron chi connectivity index (χ2n) is 6.29. The van der Waals surface area contributed by atoms with Crippen LogP contribution >= 0.6 is 11.8 Å². The van der Waals surface area contributed by atoms with E-state index in [0.29, 0.717) is 11.7 Å². The standard InChI is InChI=1S/C20H20N6OS/c1-15-4-8-17(9-5-15)25(13-3-12-21)19(27)14-28-20-22-23-24-26(20)18-10-6-16(2)7-11-18/h4-11H,3,13-14H2,1-2H3. The molecule has 1 aromatic heterocycles. The third-order valence-corrected chi connectivity index (χ3v) is 5.04. The fourth-order valence-electron chi connectivity index (χ4n) is 2.61. The highest BCUT2D eigenvalue weighted by molar-refractivity contribution is 7.99. The van der Waals surface area contributed by atoms with Gasteiger partial charge in [0, 0.05) is 12.2 Å². The van der Waals surface area contributed by atoms with Crippen LogP contribution in [0, 0.1) is 25.2 Å². The topological polar surface area (TPSA) is 87.7 Å². The molecule has 1 heterocycles. The number of hydrogen-bond donors (Lipinski definition) is 0. The normalized spacial score (nSPS) is 10.5. The first-order chi connectivity index (χ1) is 13.6. The summed E-state index contributed by atoms with van der Waals surface area (Å²) >= 11 is 1.27. The minimum Gasteiger partial charge on any atom is -0.311 e. The van der Waals surface area contributed by atoms with Crippen molar-refractivity contribution >= 4 is 23.4 Å². The first kappa shape index (κ1) is 19.6. The van der Waals surface area contributed by atoms with Crippen LogP contribution in [0.15, 0.2) is 53.7 Å². The lowest BCUT2D eigenvalue weighted by Gasteiger charge is -2.21. The van der Waals surface area contributed by atoms with E-state index in [0.717, 1.165) is 22.5 Å². The molecule has 8 heteroatoms. The Morgan fingerprint density at radius 2 is 1.75 bits per heavy atom. The van der Waals surface area contributed by atoms with Gasteiger partial charge in [-0.3, -0.25) is 4.79 Å². The number of amides is 1. The molecule has 0 spiro atoms. The Kier molecular flexibility index (Phi) is 6.40. The van der Waals surface area contributed by atoms with Gasteiger partial charge in [0.25, 0.3) is 0 Å². The van der Waals surface area contributed by atoms with E-state index < -0.39 is 0 Å². The zero-order chi connectivity index (χ0) is 19.9. The molecular weight excluding hydrogens is 372 g/mol. The minimum absolute atomic E-state index is 0.0949. The SMILES string of the molecule is Cc1ccc(N(CCC#N)C(=O)CSc2nnnn2-c2ccc(C)cc2)cc1. The Morgan fingerprint density at radius 3 is 2.39 bits per heavy atom. The van der Waals surface area contributed by atoms with Crippen LogP contribution in [0.25, 0.3) is 5.69 Å². The first-order valence-electron chi connectivity index (χ1n) is 8.80. The third-order valence-electron chi connectivity index (χ3n) is 4.14. The highest BCUT2D eigenvalue weighted by atomic mass is 32.2. The lowest BCUT2D eigenvalue weighted by Crippen LogP contribution is -2.33. The number of aryl methyl sites for hydroxylation is 2. The van der Waals surface area contributed by atoms with Gasteiger partial charge in [0.1, 0.15) is 0 Å². The van der Waals surface area contributed by atoms with Crippen LogP contribution in [0.5, 0.6) is 0 Å². The van der Waals surface area contributed by atoms with Gasteiger partial charge in [-0.05, 0) is 48.5 Å². The van der Waals surface area contributed by atoms with Crippen LogP contribution < -0.4 is 4.90 Å². The fourth-order valence-corrected chi connectivity index (χ4v) is 3.37. The van der Waals surface area contributed by atoms with E-state index in [1.54, 1.807) is 9.58 Å². The average Bonchev–Trinajstić information content (AvgIpc) is 3.17. The van der Waals surface area contributed by atoms with E-state index in [-0.39, 0.29) is 18.1 Å². The smallest absolute Gasteiger partial charge is 0.237 e. The van der Waals surface area contributed by atoms with Crippen LogP contribution in [-0.4, -0.2) is 38.4 Å². The highest BCUT2D eigenvalue weighted by Gasteiger charge is 2.18. The van der Waals surface area contributed by atoms with Crippen molar-refractivity contribution in [3.05, 3.63) is 59.7 Å². The number of hydrogen-bond acceptors (Lipinski definition) is 6. The molecule has 0 fully saturated rings. The summed E-state index contributed by atoms with van der Waals surface area (Å²) in [6.07, 6.45) is 0.269. The number of nitriles is 1. The fraction of sp³-hybridized carbons (Fsp3) is 0.250. The molecular formula is C20H20N6OS. The van der Waals surface area contributed by atoms with E-state index in [2.05, 4.69) is 21.6 Å². The van der Waals surface area contributed by atoms with Gasteiger partial charge >= 0.3 is 0 Å². The lowest BCUT2D eigenvalue weighted by molar-refractivity contribution is -0.116. The quantitative estimate of drug-likeness (QED) is 0.573. The van der Waals surface area contributed by atoms with Gasteiger partial charge in [0.15, 0.2) is 0 Å². The van der Waals surface area contributed by atoms with Gasteiger partial charge < -0.3 is 4.90 Å². The summed E-state index contributed by atoms with van der Waals surface area (Å²) in [5.41, 5.74) is 3.88. The second-order valence-corrected chi connectivity index (χ2v) is 7.23. The van der Waals surface area contributed by atoms with Gasteiger partial charge in [-0.2, -0.15) is 9.94 Å². The van der Waals surface area contributed by atoms with Gasteiger partial charge in [0.05, 0.1) is 23.9 Å². The molecule has 0 unspecified atom stereocenters. The van der Waals surface area contributed by atoms with E-state index in [1.165, 1.54) is 11.8 Å². The summed E-state index contributed by atoms with van der Waals surface area (Å²) in [7, 11) is 0. The van der Waals surface area contributed by atoms with Crippen molar-refractivity contribution < 1.29 is 4.79 Å². The Bertz CT molecular complexity index is 975. The van der Waals surface area contributed by atoms with E-state index in [9.17, 15) is 4.79 Å². The monoisotopic (exact) mass is 392 g/mol. The van der Waals surface area contributed by atoms with Crippen LogP contribution in [0.2, 0.25) is 0 Å². The van der Waals surface area contributed by atoms with Crippen molar-refractivity contribution in [3.63, 3.8) is 0 Å². The molecule has 142 valence electrons. The number of thioether (sulfide) groups is 1. The number of carbonyl (C=O) groups is 1. The zero-order valence-corrected chi connectivity index (χ0v) is 16.6. The van der Waals surface area contributed by atoms with Crippen LogP contribution in [0.1, 0.15) is 17.5 Å². The predicted molar refractivity (Wildman–Crippen MR) is 108 cm³/mol. The number of carbonyl (C=O) groups excluding carboxylic acids is 1. The molecule has 1 amide bonds. The molecule has 3 aromatic rings. The van der Waals surface area contributed by atoms with Crippen molar-refractivity contribution in [1.82, 2.24) is 20.2 Å². The Labute approximate surface area is 168 Å². The zero-order valence-electron chi connectivity index (χ0n) is 15.7. The average molecular weight is 392 g/mol. The van der Waals surface area contributed by atoms with Crippen LogP contribution in [-0.2, 0) is 4.79 Å². The molecule has 7 nitrogen and oxygen atoms in total.